The van der Waals surface area contributed by atoms with Gasteiger partial charge in [0, 0.05) is 17.0 Å². The number of esters is 1. The van der Waals surface area contributed by atoms with E-state index in [1.807, 2.05) is 12.1 Å². The molecule has 4 nitrogen and oxygen atoms in total. The maximum absolute atomic E-state index is 12.2. The highest BCUT2D eigenvalue weighted by Crippen LogP contribution is 2.29. The summed E-state index contributed by atoms with van der Waals surface area (Å²) in [5.74, 6) is -0.407. The third-order valence-corrected chi connectivity index (χ3v) is 5.50. The van der Waals surface area contributed by atoms with E-state index in [1.165, 1.54) is 17.2 Å². The zero-order valence-corrected chi connectivity index (χ0v) is 15.9. The van der Waals surface area contributed by atoms with Crippen molar-refractivity contribution in [2.24, 2.45) is 0 Å². The second-order valence-electron chi connectivity index (χ2n) is 6.65. The molecule has 0 unspecified atom stereocenters. The van der Waals surface area contributed by atoms with E-state index >= 15 is 0 Å². The molecule has 0 fully saturated rings. The number of carbonyl (C=O) groups excluding carboxylic acids is 1. The van der Waals surface area contributed by atoms with Crippen molar-refractivity contribution in [1.29, 1.82) is 0 Å². The highest BCUT2D eigenvalue weighted by atomic mass is 35.5. The van der Waals surface area contributed by atoms with E-state index in [-0.39, 0.29) is 13.0 Å². The predicted octanol–water partition coefficient (Wildman–Crippen LogP) is 4.87. The van der Waals surface area contributed by atoms with Crippen LogP contribution in [-0.2, 0) is 35.4 Å². The fourth-order valence-electron chi connectivity index (χ4n) is 3.44. The van der Waals surface area contributed by atoms with E-state index in [9.17, 15) is 9.59 Å². The van der Waals surface area contributed by atoms with E-state index in [0.717, 1.165) is 24.6 Å². The summed E-state index contributed by atoms with van der Waals surface area (Å²) in [5.41, 5.74) is 3.94. The van der Waals surface area contributed by atoms with Crippen molar-refractivity contribution in [2.45, 2.75) is 32.3 Å². The molecule has 0 spiro atoms. The normalized spacial score (nSPS) is 13.0. The van der Waals surface area contributed by atoms with Crippen molar-refractivity contribution >= 4 is 40.1 Å². The van der Waals surface area contributed by atoms with Gasteiger partial charge >= 0.3 is 11.6 Å². The van der Waals surface area contributed by atoms with Gasteiger partial charge in [-0.3, -0.25) is 4.79 Å². The first-order chi connectivity index (χ1) is 13.0. The Hall–Kier alpha value is -2.30. The van der Waals surface area contributed by atoms with Crippen LogP contribution >= 0.6 is 23.2 Å². The number of aryl methyl sites for hydroxylation is 2. The van der Waals surface area contributed by atoms with Crippen LogP contribution in [0.15, 0.2) is 45.6 Å². The molecule has 4 rings (SSSR count). The van der Waals surface area contributed by atoms with Crippen LogP contribution in [0.5, 0.6) is 0 Å². The maximum Gasteiger partial charge on any atom is 0.336 e. The smallest absolute Gasteiger partial charge is 0.336 e. The lowest BCUT2D eigenvalue weighted by Gasteiger charge is -2.09. The van der Waals surface area contributed by atoms with E-state index in [4.69, 9.17) is 32.4 Å². The monoisotopic (exact) mass is 402 g/mol. The van der Waals surface area contributed by atoms with Gasteiger partial charge in [-0.25, -0.2) is 4.79 Å². The van der Waals surface area contributed by atoms with Crippen LogP contribution in [0.3, 0.4) is 0 Å². The van der Waals surface area contributed by atoms with Crippen LogP contribution in [0.1, 0.15) is 28.7 Å². The summed E-state index contributed by atoms with van der Waals surface area (Å²) < 4.78 is 10.7. The largest absolute Gasteiger partial charge is 0.461 e. The van der Waals surface area contributed by atoms with Crippen LogP contribution in [0.4, 0.5) is 0 Å². The van der Waals surface area contributed by atoms with Gasteiger partial charge in [0.15, 0.2) is 0 Å². The lowest BCUT2D eigenvalue weighted by Crippen LogP contribution is -2.10. The molecule has 0 bridgehead atoms. The number of rotatable bonds is 4. The Morgan fingerprint density at radius 3 is 2.59 bits per heavy atom. The number of ether oxygens (including phenoxy) is 1. The number of benzene rings is 2. The molecule has 0 amide bonds. The zero-order chi connectivity index (χ0) is 19.0. The lowest BCUT2D eigenvalue weighted by atomic mass is 10.0. The molecule has 0 N–H and O–H groups in total. The highest BCUT2D eigenvalue weighted by molar-refractivity contribution is 6.42. The van der Waals surface area contributed by atoms with Crippen molar-refractivity contribution in [1.82, 2.24) is 0 Å². The maximum atomic E-state index is 12.2. The van der Waals surface area contributed by atoms with Gasteiger partial charge in [-0.2, -0.15) is 0 Å². The molecule has 27 heavy (non-hydrogen) atoms. The van der Waals surface area contributed by atoms with Crippen LogP contribution in [0, 0.1) is 0 Å². The molecular formula is C21H16Cl2O4. The number of hydrogen-bond acceptors (Lipinski definition) is 4. The van der Waals surface area contributed by atoms with Crippen LogP contribution in [0.25, 0.3) is 11.0 Å². The molecule has 3 aromatic rings. The summed E-state index contributed by atoms with van der Waals surface area (Å²) in [6.07, 6.45) is 3.19. The summed E-state index contributed by atoms with van der Waals surface area (Å²) in [4.78, 5) is 24.1. The molecular weight excluding hydrogens is 387 g/mol. The molecule has 0 radical (unpaired) electrons. The van der Waals surface area contributed by atoms with Crippen molar-refractivity contribution in [3.63, 3.8) is 0 Å². The SMILES string of the molecule is O=C(Cc1ccc(Cl)c(Cl)c1)OCc1cc(=O)oc2cc3c(cc12)CCC3. The lowest BCUT2D eigenvalue weighted by molar-refractivity contribution is -0.144. The van der Waals surface area contributed by atoms with Crippen LogP contribution in [0.2, 0.25) is 10.0 Å². The van der Waals surface area contributed by atoms with E-state index in [0.29, 0.717) is 26.8 Å². The molecule has 0 saturated heterocycles. The van der Waals surface area contributed by atoms with Crippen LogP contribution in [-0.4, -0.2) is 5.97 Å². The van der Waals surface area contributed by atoms with Gasteiger partial charge in [-0.05, 0) is 60.2 Å². The summed E-state index contributed by atoms with van der Waals surface area (Å²) in [7, 11) is 0. The zero-order valence-electron chi connectivity index (χ0n) is 14.4. The minimum absolute atomic E-state index is 0.0149. The Bertz CT molecular complexity index is 1100. The Labute approximate surface area is 165 Å². The van der Waals surface area contributed by atoms with E-state index in [1.54, 1.807) is 18.2 Å². The molecule has 138 valence electrons. The Morgan fingerprint density at radius 1 is 1.04 bits per heavy atom. The Balaban J connectivity index is 1.53. The highest BCUT2D eigenvalue weighted by Gasteiger charge is 2.16. The average molecular weight is 403 g/mol. The van der Waals surface area contributed by atoms with E-state index < -0.39 is 11.6 Å². The summed E-state index contributed by atoms with van der Waals surface area (Å²) in [6, 6.07) is 10.4. The number of carbonyl (C=O) groups is 1. The first-order valence-electron chi connectivity index (χ1n) is 8.68. The minimum Gasteiger partial charge on any atom is -0.461 e. The number of fused-ring (bicyclic) bond motifs is 2. The summed E-state index contributed by atoms with van der Waals surface area (Å²) in [5, 5.41) is 1.64. The van der Waals surface area contributed by atoms with Gasteiger partial charge in [0.1, 0.15) is 12.2 Å². The molecule has 0 saturated carbocycles. The van der Waals surface area contributed by atoms with Crippen LogP contribution < -0.4 is 5.63 Å². The molecule has 1 aliphatic carbocycles. The number of hydrogen-bond donors (Lipinski definition) is 0. The van der Waals surface area contributed by atoms with E-state index in [2.05, 4.69) is 0 Å². The van der Waals surface area contributed by atoms with Crippen molar-refractivity contribution in [2.75, 3.05) is 0 Å². The van der Waals surface area contributed by atoms with Crippen molar-refractivity contribution < 1.29 is 13.9 Å². The van der Waals surface area contributed by atoms with Gasteiger partial charge in [-0.15, -0.1) is 0 Å². The average Bonchev–Trinajstić information content (AvgIpc) is 3.08. The van der Waals surface area contributed by atoms with Gasteiger partial charge in [0.25, 0.3) is 0 Å². The Kier molecular flexibility index (Phi) is 4.94. The second-order valence-corrected chi connectivity index (χ2v) is 7.46. The standard InChI is InChI=1S/C21H16Cl2O4/c22-17-5-4-12(6-18(17)23)7-20(24)26-11-15-10-21(25)27-19-9-14-3-1-2-13(14)8-16(15)19/h4-6,8-10H,1-3,7,11H2. The van der Waals surface area contributed by atoms with Gasteiger partial charge < -0.3 is 9.15 Å². The minimum atomic E-state index is -0.448. The third kappa shape index (κ3) is 3.87. The number of halogens is 2. The fourth-order valence-corrected chi connectivity index (χ4v) is 3.76. The summed E-state index contributed by atoms with van der Waals surface area (Å²) in [6.45, 7) is 0.0149. The predicted molar refractivity (Wildman–Crippen MR) is 104 cm³/mol. The topological polar surface area (TPSA) is 56.5 Å². The Morgan fingerprint density at radius 2 is 1.81 bits per heavy atom. The first-order valence-corrected chi connectivity index (χ1v) is 9.43. The third-order valence-electron chi connectivity index (χ3n) is 4.76. The molecule has 0 atom stereocenters. The second kappa shape index (κ2) is 7.37. The van der Waals surface area contributed by atoms with Crippen molar-refractivity contribution in [3.8, 4) is 0 Å². The first kappa shape index (κ1) is 18.1. The molecule has 2 aromatic carbocycles. The molecule has 0 aliphatic heterocycles. The van der Waals surface area contributed by atoms with Crippen molar-refractivity contribution in [3.05, 3.63) is 79.1 Å². The summed E-state index contributed by atoms with van der Waals surface area (Å²) >= 11 is 11.9. The van der Waals surface area contributed by atoms with Gasteiger partial charge in [0.05, 0.1) is 16.5 Å². The van der Waals surface area contributed by atoms with Gasteiger partial charge in [-0.1, -0.05) is 29.3 Å². The fraction of sp³-hybridized carbons (Fsp3) is 0.238. The van der Waals surface area contributed by atoms with Gasteiger partial charge in [0.2, 0.25) is 0 Å². The molecule has 1 aromatic heterocycles. The molecule has 6 heteroatoms. The quantitative estimate of drug-likeness (QED) is 0.461. The molecule has 1 heterocycles. The molecule has 1 aliphatic rings.